The Balaban J connectivity index is 1.61. The van der Waals surface area contributed by atoms with Crippen LogP contribution in [-0.2, 0) is 9.84 Å². The number of thioether (sulfide) groups is 1. The molecular weight excluding hydrogens is 426 g/mol. The highest BCUT2D eigenvalue weighted by molar-refractivity contribution is 7.99. The summed E-state index contributed by atoms with van der Waals surface area (Å²) in [4.78, 5) is 10.0. The van der Waals surface area contributed by atoms with Crippen molar-refractivity contribution in [3.8, 4) is 11.5 Å². The highest BCUT2D eigenvalue weighted by atomic mass is 35.5. The van der Waals surface area contributed by atoms with Crippen molar-refractivity contribution in [3.05, 3.63) is 75.2 Å². The molecule has 0 spiro atoms. The molecule has 144 valence electrons. The van der Waals surface area contributed by atoms with Crippen molar-refractivity contribution in [3.63, 3.8) is 0 Å². The van der Waals surface area contributed by atoms with Crippen LogP contribution in [0.5, 0.6) is 0 Å². The van der Waals surface area contributed by atoms with Gasteiger partial charge in [0.25, 0.3) is 10.9 Å². The highest BCUT2D eigenvalue weighted by Crippen LogP contribution is 2.25. The normalized spacial score (nSPS) is 11.8. The zero-order chi connectivity index (χ0) is 20.1. The van der Waals surface area contributed by atoms with Crippen LogP contribution in [0.25, 0.3) is 11.5 Å². The molecule has 0 saturated heterocycles. The van der Waals surface area contributed by atoms with Crippen molar-refractivity contribution in [1.82, 2.24) is 10.2 Å². The van der Waals surface area contributed by atoms with Gasteiger partial charge in [0.05, 0.1) is 9.82 Å². The number of hydrogen-bond acceptors (Lipinski definition) is 8. The summed E-state index contributed by atoms with van der Waals surface area (Å²) in [6.45, 7) is 0. The molecule has 1 aromatic heterocycles. The second kappa shape index (κ2) is 8.55. The Morgan fingerprint density at radius 1 is 1.18 bits per heavy atom. The Morgan fingerprint density at radius 2 is 1.93 bits per heavy atom. The van der Waals surface area contributed by atoms with Gasteiger partial charge in [0, 0.05) is 33.9 Å². The van der Waals surface area contributed by atoms with Crippen LogP contribution < -0.4 is 0 Å². The molecule has 11 heteroatoms. The van der Waals surface area contributed by atoms with Gasteiger partial charge < -0.3 is 4.42 Å². The van der Waals surface area contributed by atoms with Gasteiger partial charge in [-0.1, -0.05) is 35.5 Å². The molecule has 0 aliphatic carbocycles. The van der Waals surface area contributed by atoms with Gasteiger partial charge in [-0.3, -0.25) is 10.1 Å². The third-order valence-electron chi connectivity index (χ3n) is 3.43. The van der Waals surface area contributed by atoms with E-state index in [0.29, 0.717) is 16.5 Å². The number of halogens is 1. The number of nitrogens with zero attached hydrogens (tertiary/aromatic N) is 3. The van der Waals surface area contributed by atoms with Crippen LogP contribution in [0.1, 0.15) is 0 Å². The molecule has 0 fully saturated rings. The second-order valence-electron chi connectivity index (χ2n) is 5.36. The van der Waals surface area contributed by atoms with Gasteiger partial charge in [0.2, 0.25) is 5.89 Å². The van der Waals surface area contributed by atoms with E-state index in [-0.39, 0.29) is 21.6 Å². The van der Waals surface area contributed by atoms with Crippen molar-refractivity contribution in [2.24, 2.45) is 0 Å². The number of rotatable bonds is 7. The minimum absolute atomic E-state index is 0.0274. The molecule has 0 saturated carbocycles. The van der Waals surface area contributed by atoms with E-state index in [2.05, 4.69) is 10.2 Å². The summed E-state index contributed by atoms with van der Waals surface area (Å²) in [5.41, 5.74) is 0.508. The Labute approximate surface area is 169 Å². The van der Waals surface area contributed by atoms with Crippen LogP contribution in [0.4, 0.5) is 5.69 Å². The van der Waals surface area contributed by atoms with Crippen LogP contribution in [-0.4, -0.2) is 29.3 Å². The molecule has 1 heterocycles. The van der Waals surface area contributed by atoms with E-state index in [1.165, 1.54) is 30.0 Å². The number of nitro benzene ring substituents is 1. The average molecular weight is 438 g/mol. The van der Waals surface area contributed by atoms with E-state index >= 15 is 0 Å². The first-order valence-electron chi connectivity index (χ1n) is 7.73. The average Bonchev–Trinajstić information content (AvgIpc) is 3.14. The van der Waals surface area contributed by atoms with Crippen LogP contribution in [0.3, 0.4) is 0 Å². The lowest BCUT2D eigenvalue weighted by atomic mass is 10.2. The van der Waals surface area contributed by atoms with Crippen molar-refractivity contribution in [1.29, 1.82) is 0 Å². The molecule has 0 bridgehead atoms. The van der Waals surface area contributed by atoms with Gasteiger partial charge in [-0.05, 0) is 30.3 Å². The molecule has 8 nitrogen and oxygen atoms in total. The van der Waals surface area contributed by atoms with E-state index in [0.717, 1.165) is 17.5 Å². The molecule has 0 radical (unpaired) electrons. The number of nitro groups is 1. The van der Waals surface area contributed by atoms with Crippen LogP contribution >= 0.6 is 23.4 Å². The summed E-state index contributed by atoms with van der Waals surface area (Å²) in [5.74, 6) is 0.594. The van der Waals surface area contributed by atoms with Gasteiger partial charge >= 0.3 is 0 Å². The fourth-order valence-electron chi connectivity index (χ4n) is 2.13. The molecule has 0 unspecified atom stereocenters. The maximum Gasteiger partial charge on any atom is 0.277 e. The number of non-ortho nitro benzene ring substituents is 1. The monoisotopic (exact) mass is 437 g/mol. The van der Waals surface area contributed by atoms with Gasteiger partial charge in [-0.2, -0.15) is 0 Å². The zero-order valence-corrected chi connectivity index (χ0v) is 16.4. The summed E-state index contributed by atoms with van der Waals surface area (Å²) in [5, 5.41) is 20.3. The maximum absolute atomic E-state index is 12.2. The summed E-state index contributed by atoms with van der Waals surface area (Å²) in [6.07, 6.45) is 1.44. The smallest absolute Gasteiger partial charge is 0.277 e. The van der Waals surface area contributed by atoms with Gasteiger partial charge in [-0.15, -0.1) is 10.2 Å². The lowest BCUT2D eigenvalue weighted by Crippen LogP contribution is -1.97. The lowest BCUT2D eigenvalue weighted by Gasteiger charge is -1.98. The Hall–Kier alpha value is -2.69. The SMILES string of the molecule is O=[N+]([O-])c1ccc(S(=O)(=O)/C=C/CSc2nnc(-c3cccc(Cl)c3)o2)cc1. The van der Waals surface area contributed by atoms with Crippen molar-refractivity contribution < 1.29 is 17.8 Å². The molecule has 0 aliphatic heterocycles. The predicted octanol–water partition coefficient (Wildman–Crippen LogP) is 4.38. The number of aromatic nitrogens is 2. The number of hydrogen-bond donors (Lipinski definition) is 0. The van der Waals surface area contributed by atoms with Crippen LogP contribution in [0.2, 0.25) is 5.02 Å². The summed E-state index contributed by atoms with van der Waals surface area (Å²) in [7, 11) is -3.70. The molecule has 2 aromatic carbocycles. The Bertz CT molecular complexity index is 1130. The lowest BCUT2D eigenvalue weighted by molar-refractivity contribution is -0.384. The van der Waals surface area contributed by atoms with Crippen LogP contribution in [0.15, 0.2) is 74.6 Å². The minimum Gasteiger partial charge on any atom is -0.411 e. The van der Waals surface area contributed by atoms with E-state index in [9.17, 15) is 18.5 Å². The summed E-state index contributed by atoms with van der Waals surface area (Å²) < 4.78 is 29.9. The van der Waals surface area contributed by atoms with Gasteiger partial charge in [0.15, 0.2) is 9.84 Å². The molecule has 28 heavy (non-hydrogen) atoms. The fraction of sp³-hybridized carbons (Fsp3) is 0.0588. The molecule has 3 rings (SSSR count). The quantitative estimate of drug-likeness (QED) is 0.303. The topological polar surface area (TPSA) is 116 Å². The van der Waals surface area contributed by atoms with E-state index in [1.54, 1.807) is 24.3 Å². The van der Waals surface area contributed by atoms with Gasteiger partial charge in [0.1, 0.15) is 0 Å². The van der Waals surface area contributed by atoms with E-state index in [4.69, 9.17) is 16.0 Å². The van der Waals surface area contributed by atoms with Crippen molar-refractivity contribution in [2.75, 3.05) is 5.75 Å². The van der Waals surface area contributed by atoms with E-state index < -0.39 is 14.8 Å². The Kier molecular flexibility index (Phi) is 6.12. The van der Waals surface area contributed by atoms with Crippen molar-refractivity contribution >= 4 is 38.9 Å². The molecule has 0 atom stereocenters. The van der Waals surface area contributed by atoms with Gasteiger partial charge in [-0.25, -0.2) is 8.42 Å². The first-order chi connectivity index (χ1) is 13.3. The molecule has 0 amide bonds. The highest BCUT2D eigenvalue weighted by Gasteiger charge is 2.13. The first kappa shape index (κ1) is 20.1. The number of sulfone groups is 1. The second-order valence-corrected chi connectivity index (χ2v) is 8.60. The third-order valence-corrected chi connectivity index (χ3v) is 5.92. The first-order valence-corrected chi connectivity index (χ1v) is 10.6. The van der Waals surface area contributed by atoms with Crippen LogP contribution in [0, 0.1) is 10.1 Å². The predicted molar refractivity (Wildman–Crippen MR) is 105 cm³/mol. The number of benzene rings is 2. The molecule has 0 N–H and O–H groups in total. The largest absolute Gasteiger partial charge is 0.411 e. The third kappa shape index (κ3) is 4.97. The molecular formula is C17H12ClN3O5S2. The summed E-state index contributed by atoms with van der Waals surface area (Å²) in [6, 6.07) is 11.6. The zero-order valence-electron chi connectivity index (χ0n) is 14.1. The standard InChI is InChI=1S/C17H12ClN3O5S2/c18-13-4-1-3-12(11-13)16-19-20-17(26-16)27-9-2-10-28(24,25)15-7-5-14(6-8-15)21(22)23/h1-8,10-11H,9H2/b10-2+. The minimum atomic E-state index is -3.70. The van der Waals surface area contributed by atoms with Crippen molar-refractivity contribution in [2.45, 2.75) is 10.1 Å². The summed E-state index contributed by atoms with van der Waals surface area (Å²) >= 11 is 7.10. The molecule has 0 aliphatic rings. The molecule has 3 aromatic rings. The van der Waals surface area contributed by atoms with E-state index in [1.807, 2.05) is 0 Å². The Morgan fingerprint density at radius 3 is 2.61 bits per heavy atom. The maximum atomic E-state index is 12.2. The fourth-order valence-corrected chi connectivity index (χ4v) is 4.03.